The molecule has 0 saturated carbocycles. The zero-order valence-corrected chi connectivity index (χ0v) is 14.8. The van der Waals surface area contributed by atoms with Crippen LogP contribution in [0, 0.1) is 0 Å². The summed E-state index contributed by atoms with van der Waals surface area (Å²) in [4.78, 5) is 24.6. The van der Waals surface area contributed by atoms with Crippen LogP contribution in [0.4, 0.5) is 11.4 Å². The molecule has 0 aromatic heterocycles. The average molecular weight is 338 g/mol. The van der Waals surface area contributed by atoms with E-state index in [4.69, 9.17) is 0 Å². The molecular formula is C21H26N2O2. The summed E-state index contributed by atoms with van der Waals surface area (Å²) >= 11 is 0. The monoisotopic (exact) mass is 338 g/mol. The Morgan fingerprint density at radius 2 is 1.48 bits per heavy atom. The maximum atomic E-state index is 12.5. The first-order valence-corrected chi connectivity index (χ1v) is 8.96. The number of hydrogen-bond donors (Lipinski definition) is 2. The lowest BCUT2D eigenvalue weighted by molar-refractivity contribution is -0.116. The van der Waals surface area contributed by atoms with Gasteiger partial charge < -0.3 is 10.6 Å². The third kappa shape index (κ3) is 6.42. The van der Waals surface area contributed by atoms with Crippen LogP contribution in [0.25, 0.3) is 0 Å². The Kier molecular flexibility index (Phi) is 7.70. The molecule has 0 fully saturated rings. The lowest BCUT2D eigenvalue weighted by atomic mass is 10.1. The van der Waals surface area contributed by atoms with Crippen molar-refractivity contribution < 1.29 is 9.59 Å². The number of benzene rings is 2. The molecule has 25 heavy (non-hydrogen) atoms. The molecular weight excluding hydrogens is 312 g/mol. The number of carbonyl (C=O) groups excluding carboxylic acids is 2. The van der Waals surface area contributed by atoms with E-state index >= 15 is 0 Å². The highest BCUT2D eigenvalue weighted by Crippen LogP contribution is 2.18. The first-order valence-electron chi connectivity index (χ1n) is 8.96. The normalized spacial score (nSPS) is 10.3. The Hall–Kier alpha value is -2.62. The van der Waals surface area contributed by atoms with Crippen LogP contribution in [0.15, 0.2) is 54.6 Å². The lowest BCUT2D eigenvalue weighted by Gasteiger charge is -2.11. The van der Waals surface area contributed by atoms with Crippen molar-refractivity contribution in [1.29, 1.82) is 0 Å². The Balaban J connectivity index is 1.93. The van der Waals surface area contributed by atoms with Crippen molar-refractivity contribution in [1.82, 2.24) is 0 Å². The van der Waals surface area contributed by atoms with Crippen molar-refractivity contribution in [3.63, 3.8) is 0 Å². The summed E-state index contributed by atoms with van der Waals surface area (Å²) in [5, 5.41) is 5.72. The van der Waals surface area contributed by atoms with Crippen LogP contribution < -0.4 is 10.6 Å². The number of nitrogens with one attached hydrogen (secondary N) is 2. The summed E-state index contributed by atoms with van der Waals surface area (Å²) in [5.41, 5.74) is 1.74. The molecule has 4 heteroatoms. The van der Waals surface area contributed by atoms with E-state index in [0.717, 1.165) is 18.5 Å². The summed E-state index contributed by atoms with van der Waals surface area (Å²) in [6.45, 7) is 2.17. The molecule has 0 spiro atoms. The van der Waals surface area contributed by atoms with Crippen molar-refractivity contribution in [2.24, 2.45) is 0 Å². The minimum Gasteiger partial charge on any atom is -0.325 e. The molecule has 0 bridgehead atoms. The molecule has 132 valence electrons. The van der Waals surface area contributed by atoms with E-state index in [9.17, 15) is 9.59 Å². The highest BCUT2D eigenvalue weighted by Gasteiger charge is 2.13. The van der Waals surface area contributed by atoms with Gasteiger partial charge in [-0.3, -0.25) is 9.59 Å². The Bertz CT molecular complexity index is 683. The molecule has 2 rings (SSSR count). The average Bonchev–Trinajstić information content (AvgIpc) is 2.63. The molecule has 0 aliphatic heterocycles. The molecule has 2 aromatic rings. The van der Waals surface area contributed by atoms with E-state index in [-0.39, 0.29) is 11.8 Å². The van der Waals surface area contributed by atoms with Gasteiger partial charge in [0.1, 0.15) is 0 Å². The minimum atomic E-state index is -0.231. The summed E-state index contributed by atoms with van der Waals surface area (Å²) in [6, 6.07) is 16.4. The third-order valence-corrected chi connectivity index (χ3v) is 3.98. The maximum Gasteiger partial charge on any atom is 0.257 e. The smallest absolute Gasteiger partial charge is 0.257 e. The second-order valence-electron chi connectivity index (χ2n) is 6.08. The highest BCUT2D eigenvalue weighted by molar-refractivity contribution is 6.10. The summed E-state index contributed by atoms with van der Waals surface area (Å²) in [5.74, 6) is -0.276. The Morgan fingerprint density at radius 1 is 0.800 bits per heavy atom. The molecule has 2 N–H and O–H groups in total. The van der Waals surface area contributed by atoms with Crippen LogP contribution in [-0.2, 0) is 4.79 Å². The molecule has 0 heterocycles. The first-order chi connectivity index (χ1) is 12.2. The number of carbonyl (C=O) groups is 2. The number of hydrogen-bond acceptors (Lipinski definition) is 2. The van der Waals surface area contributed by atoms with Gasteiger partial charge >= 0.3 is 0 Å². The number of unbranched alkanes of at least 4 members (excludes halogenated alkanes) is 4. The molecule has 2 aromatic carbocycles. The fraction of sp³-hybridized carbons (Fsp3) is 0.333. The second kappa shape index (κ2) is 10.3. The van der Waals surface area contributed by atoms with Crippen molar-refractivity contribution in [3.05, 3.63) is 60.2 Å². The molecule has 0 atom stereocenters. The van der Waals surface area contributed by atoms with E-state index in [1.165, 1.54) is 19.3 Å². The predicted octanol–water partition coefficient (Wildman–Crippen LogP) is 5.24. The molecule has 0 radical (unpaired) electrons. The zero-order chi connectivity index (χ0) is 17.9. The highest BCUT2D eigenvalue weighted by atomic mass is 16.2. The van der Waals surface area contributed by atoms with Crippen LogP contribution in [-0.4, -0.2) is 11.8 Å². The molecule has 2 amide bonds. The number of rotatable bonds is 9. The van der Waals surface area contributed by atoms with E-state index in [2.05, 4.69) is 17.6 Å². The largest absolute Gasteiger partial charge is 0.325 e. The van der Waals surface area contributed by atoms with E-state index in [1.807, 2.05) is 36.4 Å². The van der Waals surface area contributed by atoms with Gasteiger partial charge in [0.05, 0.1) is 11.3 Å². The van der Waals surface area contributed by atoms with Gasteiger partial charge in [-0.15, -0.1) is 0 Å². The number of amides is 2. The lowest BCUT2D eigenvalue weighted by Crippen LogP contribution is -2.18. The topological polar surface area (TPSA) is 58.2 Å². The summed E-state index contributed by atoms with van der Waals surface area (Å²) in [7, 11) is 0. The SMILES string of the molecule is CCCCCCCC(=O)Nc1ccccc1C(=O)Nc1ccccc1. The summed E-state index contributed by atoms with van der Waals surface area (Å²) in [6.07, 6.45) is 6.00. The van der Waals surface area contributed by atoms with Crippen LogP contribution >= 0.6 is 0 Å². The van der Waals surface area contributed by atoms with E-state index in [1.54, 1.807) is 18.2 Å². The molecule has 0 aliphatic carbocycles. The van der Waals surface area contributed by atoms with Gasteiger partial charge in [-0.05, 0) is 30.7 Å². The fourth-order valence-electron chi connectivity index (χ4n) is 2.61. The predicted molar refractivity (Wildman–Crippen MR) is 103 cm³/mol. The number of anilines is 2. The summed E-state index contributed by atoms with van der Waals surface area (Å²) < 4.78 is 0. The van der Waals surface area contributed by atoms with Gasteiger partial charge in [-0.25, -0.2) is 0 Å². The zero-order valence-electron chi connectivity index (χ0n) is 14.8. The van der Waals surface area contributed by atoms with Crippen molar-refractivity contribution in [2.45, 2.75) is 45.4 Å². The molecule has 0 aliphatic rings. The van der Waals surface area contributed by atoms with E-state index in [0.29, 0.717) is 17.7 Å². The number of para-hydroxylation sites is 2. The van der Waals surface area contributed by atoms with Gasteiger partial charge in [0.25, 0.3) is 5.91 Å². The van der Waals surface area contributed by atoms with Crippen LogP contribution in [0.3, 0.4) is 0 Å². The molecule has 0 unspecified atom stereocenters. The van der Waals surface area contributed by atoms with Gasteiger partial charge in [0, 0.05) is 12.1 Å². The minimum absolute atomic E-state index is 0.0449. The van der Waals surface area contributed by atoms with Gasteiger partial charge in [-0.1, -0.05) is 62.9 Å². The van der Waals surface area contributed by atoms with Crippen LogP contribution in [0.1, 0.15) is 55.8 Å². The van der Waals surface area contributed by atoms with Crippen molar-refractivity contribution in [3.8, 4) is 0 Å². The van der Waals surface area contributed by atoms with Gasteiger partial charge in [0.15, 0.2) is 0 Å². The van der Waals surface area contributed by atoms with Gasteiger partial charge in [0.2, 0.25) is 5.91 Å². The van der Waals surface area contributed by atoms with Crippen molar-refractivity contribution in [2.75, 3.05) is 10.6 Å². The Labute approximate surface area is 149 Å². The standard InChI is InChI=1S/C21H26N2O2/c1-2-3-4-5-9-16-20(24)23-19-15-11-10-14-18(19)21(25)22-17-12-7-6-8-13-17/h6-8,10-15H,2-5,9,16H2,1H3,(H,22,25)(H,23,24). The quantitative estimate of drug-likeness (QED) is 0.614. The first kappa shape index (κ1) is 18.7. The van der Waals surface area contributed by atoms with Crippen LogP contribution in [0.2, 0.25) is 0 Å². The molecule has 0 saturated heterocycles. The van der Waals surface area contributed by atoms with Crippen molar-refractivity contribution >= 4 is 23.2 Å². The van der Waals surface area contributed by atoms with Crippen LogP contribution in [0.5, 0.6) is 0 Å². The second-order valence-corrected chi connectivity index (χ2v) is 6.08. The fourth-order valence-corrected chi connectivity index (χ4v) is 2.61. The van der Waals surface area contributed by atoms with Gasteiger partial charge in [-0.2, -0.15) is 0 Å². The third-order valence-electron chi connectivity index (χ3n) is 3.98. The Morgan fingerprint density at radius 3 is 2.24 bits per heavy atom. The van der Waals surface area contributed by atoms with E-state index < -0.39 is 0 Å². The maximum absolute atomic E-state index is 12.5. The molecule has 4 nitrogen and oxygen atoms in total.